The van der Waals surface area contributed by atoms with Crippen molar-refractivity contribution in [2.45, 2.75) is 19.4 Å². The van der Waals surface area contributed by atoms with Gasteiger partial charge in [-0.2, -0.15) is 0 Å². The summed E-state index contributed by atoms with van der Waals surface area (Å²) in [6, 6.07) is 10.0. The summed E-state index contributed by atoms with van der Waals surface area (Å²) in [7, 11) is 0. The number of benzene rings is 1. The molecule has 3 rings (SSSR count). The van der Waals surface area contributed by atoms with Crippen LogP contribution >= 0.6 is 0 Å². The van der Waals surface area contributed by atoms with Crippen LogP contribution in [-0.2, 0) is 0 Å². The van der Waals surface area contributed by atoms with Crippen LogP contribution in [0.2, 0.25) is 0 Å². The highest BCUT2D eigenvalue weighted by atomic mass is 16.2. The standard InChI is InChI=1S/C16H19N3O/c1-11-8-12(9-17)10-19(11)16(20)15-14-5-3-2-4-13(14)6-7-18-15/h2-7,11-12H,8-10,17H2,1H3. The predicted molar refractivity (Wildman–Crippen MR) is 79.4 cm³/mol. The molecule has 4 heteroatoms. The lowest BCUT2D eigenvalue weighted by atomic mass is 10.1. The molecule has 2 N–H and O–H groups in total. The number of carbonyl (C=O) groups is 1. The average molecular weight is 269 g/mol. The second-order valence-corrected chi connectivity index (χ2v) is 5.52. The van der Waals surface area contributed by atoms with Crippen LogP contribution in [0.25, 0.3) is 10.8 Å². The van der Waals surface area contributed by atoms with Crippen molar-refractivity contribution in [1.82, 2.24) is 9.88 Å². The van der Waals surface area contributed by atoms with Crippen LogP contribution in [0.1, 0.15) is 23.8 Å². The number of hydrogen-bond donors (Lipinski definition) is 1. The molecule has 0 saturated carbocycles. The highest BCUT2D eigenvalue weighted by molar-refractivity contribution is 6.05. The normalized spacial score (nSPS) is 22.4. The van der Waals surface area contributed by atoms with Crippen molar-refractivity contribution in [2.24, 2.45) is 11.7 Å². The van der Waals surface area contributed by atoms with E-state index >= 15 is 0 Å². The van der Waals surface area contributed by atoms with E-state index in [1.165, 1.54) is 0 Å². The van der Waals surface area contributed by atoms with E-state index in [2.05, 4.69) is 11.9 Å². The molecule has 1 amide bonds. The number of nitrogens with zero attached hydrogens (tertiary/aromatic N) is 2. The first kappa shape index (κ1) is 13.1. The van der Waals surface area contributed by atoms with Crippen LogP contribution in [0.5, 0.6) is 0 Å². The number of hydrogen-bond acceptors (Lipinski definition) is 3. The van der Waals surface area contributed by atoms with Crippen molar-refractivity contribution >= 4 is 16.7 Å². The second kappa shape index (κ2) is 5.21. The lowest BCUT2D eigenvalue weighted by Gasteiger charge is -2.21. The Labute approximate surface area is 118 Å². The molecule has 20 heavy (non-hydrogen) atoms. The number of fused-ring (bicyclic) bond motifs is 1. The molecule has 2 unspecified atom stereocenters. The number of rotatable bonds is 2. The lowest BCUT2D eigenvalue weighted by Crippen LogP contribution is -2.35. The molecule has 1 aromatic heterocycles. The lowest BCUT2D eigenvalue weighted by molar-refractivity contribution is 0.0739. The Hall–Kier alpha value is -1.94. The Morgan fingerprint density at radius 2 is 2.20 bits per heavy atom. The first-order valence-corrected chi connectivity index (χ1v) is 7.05. The molecule has 4 nitrogen and oxygen atoms in total. The van der Waals surface area contributed by atoms with Gasteiger partial charge >= 0.3 is 0 Å². The summed E-state index contributed by atoms with van der Waals surface area (Å²) in [4.78, 5) is 19.0. The molecular weight excluding hydrogens is 250 g/mol. The number of aromatic nitrogens is 1. The summed E-state index contributed by atoms with van der Waals surface area (Å²) >= 11 is 0. The van der Waals surface area contributed by atoms with E-state index in [4.69, 9.17) is 5.73 Å². The average Bonchev–Trinajstić information content (AvgIpc) is 2.87. The maximum Gasteiger partial charge on any atom is 0.273 e. The first-order chi connectivity index (χ1) is 9.70. The van der Waals surface area contributed by atoms with Gasteiger partial charge in [0.2, 0.25) is 0 Å². The van der Waals surface area contributed by atoms with Gasteiger partial charge in [0.15, 0.2) is 0 Å². The summed E-state index contributed by atoms with van der Waals surface area (Å²) in [6.45, 7) is 3.46. The van der Waals surface area contributed by atoms with Gasteiger partial charge in [-0.1, -0.05) is 24.3 Å². The molecule has 2 atom stereocenters. The fourth-order valence-electron chi connectivity index (χ4n) is 3.02. The maximum atomic E-state index is 12.8. The van der Waals surface area contributed by atoms with Gasteiger partial charge in [0.1, 0.15) is 5.69 Å². The summed E-state index contributed by atoms with van der Waals surface area (Å²) in [5, 5.41) is 1.97. The van der Waals surface area contributed by atoms with Crippen LogP contribution in [0, 0.1) is 5.92 Å². The van der Waals surface area contributed by atoms with Gasteiger partial charge in [0.25, 0.3) is 5.91 Å². The number of nitrogens with two attached hydrogens (primary N) is 1. The van der Waals surface area contributed by atoms with Crippen molar-refractivity contribution in [1.29, 1.82) is 0 Å². The van der Waals surface area contributed by atoms with Crippen molar-refractivity contribution in [3.63, 3.8) is 0 Å². The van der Waals surface area contributed by atoms with Crippen LogP contribution in [0.15, 0.2) is 36.5 Å². The number of amides is 1. The van der Waals surface area contributed by atoms with Crippen molar-refractivity contribution in [3.05, 3.63) is 42.2 Å². The number of likely N-dealkylation sites (tertiary alicyclic amines) is 1. The molecule has 104 valence electrons. The van der Waals surface area contributed by atoms with E-state index in [1.807, 2.05) is 35.2 Å². The summed E-state index contributed by atoms with van der Waals surface area (Å²) in [6.07, 6.45) is 2.68. The summed E-state index contributed by atoms with van der Waals surface area (Å²) < 4.78 is 0. The Bertz CT molecular complexity index is 635. The summed E-state index contributed by atoms with van der Waals surface area (Å²) in [5.74, 6) is 0.425. The third kappa shape index (κ3) is 2.16. The van der Waals surface area contributed by atoms with Crippen LogP contribution in [-0.4, -0.2) is 34.9 Å². The molecule has 1 aromatic carbocycles. The summed E-state index contributed by atoms with van der Waals surface area (Å²) in [5.41, 5.74) is 6.28. The molecule has 1 aliphatic rings. The van der Waals surface area contributed by atoms with Crippen LogP contribution < -0.4 is 5.73 Å². The van der Waals surface area contributed by atoms with E-state index in [0.29, 0.717) is 18.2 Å². The highest BCUT2D eigenvalue weighted by Crippen LogP contribution is 2.26. The second-order valence-electron chi connectivity index (χ2n) is 5.52. The third-order valence-corrected chi connectivity index (χ3v) is 4.13. The van der Waals surface area contributed by atoms with Gasteiger partial charge in [-0.3, -0.25) is 9.78 Å². The molecule has 0 aliphatic carbocycles. The maximum absolute atomic E-state index is 12.8. The number of carbonyl (C=O) groups excluding carboxylic acids is 1. The Kier molecular flexibility index (Phi) is 3.40. The fraction of sp³-hybridized carbons (Fsp3) is 0.375. The molecule has 0 spiro atoms. The highest BCUT2D eigenvalue weighted by Gasteiger charge is 2.33. The zero-order chi connectivity index (χ0) is 14.1. The topological polar surface area (TPSA) is 59.2 Å². The molecule has 0 bridgehead atoms. The van der Waals surface area contributed by atoms with Gasteiger partial charge in [0, 0.05) is 24.2 Å². The zero-order valence-electron chi connectivity index (χ0n) is 11.6. The van der Waals surface area contributed by atoms with E-state index in [1.54, 1.807) is 6.20 Å². The van der Waals surface area contributed by atoms with Crippen molar-refractivity contribution in [2.75, 3.05) is 13.1 Å². The Morgan fingerprint density at radius 1 is 1.40 bits per heavy atom. The zero-order valence-corrected chi connectivity index (χ0v) is 11.6. The molecule has 2 aromatic rings. The molecule has 1 fully saturated rings. The largest absolute Gasteiger partial charge is 0.334 e. The minimum absolute atomic E-state index is 0.0188. The monoisotopic (exact) mass is 269 g/mol. The molecule has 1 aliphatic heterocycles. The Balaban J connectivity index is 1.97. The minimum Gasteiger partial charge on any atom is -0.334 e. The smallest absolute Gasteiger partial charge is 0.273 e. The van der Waals surface area contributed by atoms with Gasteiger partial charge in [-0.15, -0.1) is 0 Å². The molecule has 2 heterocycles. The van der Waals surface area contributed by atoms with E-state index in [9.17, 15) is 4.79 Å². The van der Waals surface area contributed by atoms with Gasteiger partial charge < -0.3 is 10.6 Å². The third-order valence-electron chi connectivity index (χ3n) is 4.13. The van der Waals surface area contributed by atoms with Gasteiger partial charge in [0.05, 0.1) is 0 Å². The molecule has 0 radical (unpaired) electrons. The Morgan fingerprint density at radius 3 is 2.95 bits per heavy atom. The SMILES string of the molecule is CC1CC(CN)CN1C(=O)c1nccc2ccccc12. The first-order valence-electron chi connectivity index (χ1n) is 7.05. The van der Waals surface area contributed by atoms with Crippen LogP contribution in [0.3, 0.4) is 0 Å². The predicted octanol–water partition coefficient (Wildman–Crippen LogP) is 2.04. The van der Waals surface area contributed by atoms with E-state index in [-0.39, 0.29) is 11.9 Å². The van der Waals surface area contributed by atoms with E-state index < -0.39 is 0 Å². The van der Waals surface area contributed by atoms with Crippen molar-refractivity contribution < 1.29 is 4.79 Å². The molecule has 1 saturated heterocycles. The van der Waals surface area contributed by atoms with Gasteiger partial charge in [-0.05, 0) is 37.3 Å². The van der Waals surface area contributed by atoms with E-state index in [0.717, 1.165) is 23.7 Å². The minimum atomic E-state index is 0.0188. The quantitative estimate of drug-likeness (QED) is 0.907. The van der Waals surface area contributed by atoms with Gasteiger partial charge in [-0.25, -0.2) is 0 Å². The van der Waals surface area contributed by atoms with Crippen LogP contribution in [0.4, 0.5) is 0 Å². The fourth-order valence-corrected chi connectivity index (χ4v) is 3.02. The van der Waals surface area contributed by atoms with Crippen molar-refractivity contribution in [3.8, 4) is 0 Å². The molecular formula is C16H19N3O. The number of pyridine rings is 1.